The van der Waals surface area contributed by atoms with E-state index < -0.39 is 5.82 Å². The van der Waals surface area contributed by atoms with Crippen LogP contribution in [0, 0.1) is 19.7 Å². The Morgan fingerprint density at radius 1 is 1.12 bits per heavy atom. The van der Waals surface area contributed by atoms with E-state index in [1.54, 1.807) is 49.0 Å². The fourth-order valence-corrected chi connectivity index (χ4v) is 3.80. The number of aromatic nitrogens is 4. The summed E-state index contributed by atoms with van der Waals surface area (Å²) in [7, 11) is 0. The van der Waals surface area contributed by atoms with Gasteiger partial charge in [-0.1, -0.05) is 41.6 Å². The Kier molecular flexibility index (Phi) is 5.18. The number of amides is 1. The minimum atomic E-state index is -0.393. The first kappa shape index (κ1) is 20.6. The molecule has 0 atom stereocenters. The first-order chi connectivity index (χ1) is 16.0. The van der Waals surface area contributed by atoms with Crippen molar-refractivity contribution in [1.82, 2.24) is 25.0 Å². The summed E-state index contributed by atoms with van der Waals surface area (Å²) >= 11 is 0. The number of hydrogen-bond acceptors (Lipinski definition) is 5. The first-order valence-electron chi connectivity index (χ1n) is 10.4. The van der Waals surface area contributed by atoms with Gasteiger partial charge in [0.25, 0.3) is 11.6 Å². The number of carbonyl (C=O) groups excluding carboxylic acids is 1. The molecule has 164 valence electrons. The first-order valence-corrected chi connectivity index (χ1v) is 10.4. The van der Waals surface area contributed by atoms with Crippen LogP contribution >= 0.6 is 0 Å². The summed E-state index contributed by atoms with van der Waals surface area (Å²) in [4.78, 5) is 21.8. The third-order valence-electron chi connectivity index (χ3n) is 5.48. The van der Waals surface area contributed by atoms with Crippen LogP contribution < -0.4 is 5.32 Å². The number of nitrogens with zero attached hydrogens (tertiary/aromatic N) is 4. The Labute approximate surface area is 188 Å². The number of hydrogen-bond donors (Lipinski definition) is 1. The zero-order chi connectivity index (χ0) is 22.9. The van der Waals surface area contributed by atoms with Gasteiger partial charge in [-0.3, -0.25) is 4.79 Å². The molecule has 0 bridgehead atoms. The van der Waals surface area contributed by atoms with Crippen molar-refractivity contribution >= 4 is 17.0 Å². The van der Waals surface area contributed by atoms with Crippen molar-refractivity contribution in [1.29, 1.82) is 0 Å². The van der Waals surface area contributed by atoms with E-state index in [1.165, 1.54) is 6.07 Å². The largest absolute Gasteiger partial charge is 0.348 e. The minimum absolute atomic E-state index is 0.160. The second kappa shape index (κ2) is 8.31. The second-order valence-electron chi connectivity index (χ2n) is 7.68. The van der Waals surface area contributed by atoms with Gasteiger partial charge in [0.1, 0.15) is 11.6 Å². The van der Waals surface area contributed by atoms with Crippen LogP contribution in [0.25, 0.3) is 28.0 Å². The summed E-state index contributed by atoms with van der Waals surface area (Å²) in [5.41, 5.74) is 3.79. The van der Waals surface area contributed by atoms with Gasteiger partial charge in [0, 0.05) is 24.5 Å². The molecule has 3 aromatic heterocycles. The molecule has 0 aliphatic rings. The summed E-state index contributed by atoms with van der Waals surface area (Å²) in [6.07, 6.45) is 3.32. The summed E-state index contributed by atoms with van der Waals surface area (Å²) in [5, 5.41) is 7.40. The second-order valence-corrected chi connectivity index (χ2v) is 7.68. The lowest BCUT2D eigenvalue weighted by molar-refractivity contribution is 0.0952. The van der Waals surface area contributed by atoms with Crippen LogP contribution in [0.3, 0.4) is 0 Å². The normalized spacial score (nSPS) is 11.1. The van der Waals surface area contributed by atoms with Crippen molar-refractivity contribution < 1.29 is 13.7 Å². The molecule has 7 nitrogen and oxygen atoms in total. The van der Waals surface area contributed by atoms with E-state index in [-0.39, 0.29) is 12.5 Å². The molecular formula is C25H20FN5O2. The Bertz CT molecular complexity index is 1470. The standard InChI is InChI=1S/C25H20FN5O2/c1-15-23-19(13-21(29-25(23)33-30-15)18-6-4-3-5-7-18)24(32)28-14-17-8-9-22(20(26)12-17)31-11-10-27-16(31)2/h3-13H,14H2,1-2H3,(H,28,32). The van der Waals surface area contributed by atoms with E-state index in [0.29, 0.717) is 45.1 Å². The summed E-state index contributed by atoms with van der Waals surface area (Å²) in [6.45, 7) is 3.73. The van der Waals surface area contributed by atoms with Crippen molar-refractivity contribution in [2.24, 2.45) is 0 Å². The Hall–Kier alpha value is -4.33. The monoisotopic (exact) mass is 441 g/mol. The van der Waals surface area contributed by atoms with Gasteiger partial charge in [0.15, 0.2) is 0 Å². The van der Waals surface area contributed by atoms with Crippen molar-refractivity contribution in [2.45, 2.75) is 20.4 Å². The molecule has 1 amide bonds. The Morgan fingerprint density at radius 3 is 2.67 bits per heavy atom. The van der Waals surface area contributed by atoms with Gasteiger partial charge in [-0.25, -0.2) is 14.4 Å². The highest BCUT2D eigenvalue weighted by Gasteiger charge is 2.19. The number of pyridine rings is 1. The smallest absolute Gasteiger partial charge is 0.259 e. The van der Waals surface area contributed by atoms with Gasteiger partial charge in [0.05, 0.1) is 28.0 Å². The van der Waals surface area contributed by atoms with Crippen molar-refractivity contribution in [3.8, 4) is 16.9 Å². The molecule has 0 saturated carbocycles. The highest BCUT2D eigenvalue weighted by molar-refractivity contribution is 6.06. The lowest BCUT2D eigenvalue weighted by atomic mass is 10.0. The molecule has 8 heteroatoms. The fourth-order valence-electron chi connectivity index (χ4n) is 3.80. The van der Waals surface area contributed by atoms with E-state index in [4.69, 9.17) is 4.52 Å². The third-order valence-corrected chi connectivity index (χ3v) is 5.48. The Balaban J connectivity index is 1.42. The summed E-state index contributed by atoms with van der Waals surface area (Å²) in [5.74, 6) is -0.0221. The number of rotatable bonds is 5. The lowest BCUT2D eigenvalue weighted by Gasteiger charge is -2.11. The van der Waals surface area contributed by atoms with Crippen molar-refractivity contribution in [3.05, 3.63) is 95.5 Å². The fraction of sp³-hybridized carbons (Fsp3) is 0.120. The highest BCUT2D eigenvalue weighted by atomic mass is 19.1. The maximum absolute atomic E-state index is 14.7. The van der Waals surface area contributed by atoms with Crippen molar-refractivity contribution in [3.63, 3.8) is 0 Å². The lowest BCUT2D eigenvalue weighted by Crippen LogP contribution is -2.23. The molecule has 33 heavy (non-hydrogen) atoms. The van der Waals surface area contributed by atoms with Gasteiger partial charge in [0.2, 0.25) is 0 Å². The van der Waals surface area contributed by atoms with E-state index in [1.807, 2.05) is 30.3 Å². The van der Waals surface area contributed by atoms with Crippen LogP contribution in [0.5, 0.6) is 0 Å². The molecule has 3 heterocycles. The quantitative estimate of drug-likeness (QED) is 0.425. The van der Waals surface area contributed by atoms with Crippen LogP contribution in [0.15, 0.2) is 71.5 Å². The van der Waals surface area contributed by atoms with Gasteiger partial charge in [-0.2, -0.15) is 0 Å². The van der Waals surface area contributed by atoms with Crippen LogP contribution in [0.1, 0.15) is 27.4 Å². The molecule has 1 N–H and O–H groups in total. The average molecular weight is 441 g/mol. The summed E-state index contributed by atoms with van der Waals surface area (Å²) in [6, 6.07) is 16.1. The molecule has 2 aromatic carbocycles. The van der Waals surface area contributed by atoms with Crippen LogP contribution in [0.2, 0.25) is 0 Å². The number of nitrogens with one attached hydrogen (secondary N) is 1. The van der Waals surface area contributed by atoms with Gasteiger partial charge >= 0.3 is 0 Å². The predicted octanol–water partition coefficient (Wildman–Crippen LogP) is 4.76. The SMILES string of the molecule is Cc1noc2nc(-c3ccccc3)cc(C(=O)NCc3ccc(-n4ccnc4C)c(F)c3)c12. The number of halogens is 1. The third kappa shape index (κ3) is 3.87. The topological polar surface area (TPSA) is 85.8 Å². The molecule has 0 saturated heterocycles. The molecule has 0 fully saturated rings. The summed E-state index contributed by atoms with van der Waals surface area (Å²) < 4.78 is 21.7. The maximum Gasteiger partial charge on any atom is 0.259 e. The van der Waals surface area contributed by atoms with Gasteiger partial charge in [-0.05, 0) is 37.6 Å². The molecule has 5 rings (SSSR count). The number of imidazole rings is 1. The van der Waals surface area contributed by atoms with E-state index in [2.05, 4.69) is 20.4 Å². The highest BCUT2D eigenvalue weighted by Crippen LogP contribution is 2.27. The molecule has 5 aromatic rings. The molecule has 0 unspecified atom stereocenters. The number of benzene rings is 2. The Morgan fingerprint density at radius 2 is 1.94 bits per heavy atom. The minimum Gasteiger partial charge on any atom is -0.348 e. The maximum atomic E-state index is 14.7. The molecule has 0 aliphatic carbocycles. The van der Waals surface area contributed by atoms with Crippen molar-refractivity contribution in [2.75, 3.05) is 0 Å². The molecular weight excluding hydrogens is 421 g/mol. The molecule has 0 radical (unpaired) electrons. The van der Waals surface area contributed by atoms with Crippen LogP contribution in [0.4, 0.5) is 4.39 Å². The van der Waals surface area contributed by atoms with E-state index >= 15 is 0 Å². The molecule has 0 spiro atoms. The average Bonchev–Trinajstić information content (AvgIpc) is 3.43. The number of fused-ring (bicyclic) bond motifs is 1. The van der Waals surface area contributed by atoms with E-state index in [0.717, 1.165) is 5.56 Å². The van der Waals surface area contributed by atoms with E-state index in [9.17, 15) is 9.18 Å². The van der Waals surface area contributed by atoms with Gasteiger partial charge in [-0.15, -0.1) is 0 Å². The van der Waals surface area contributed by atoms with Crippen LogP contribution in [-0.2, 0) is 6.54 Å². The zero-order valence-corrected chi connectivity index (χ0v) is 18.0. The predicted molar refractivity (Wildman–Crippen MR) is 121 cm³/mol. The number of carbonyl (C=O) groups is 1. The van der Waals surface area contributed by atoms with Gasteiger partial charge < -0.3 is 14.4 Å². The van der Waals surface area contributed by atoms with Crippen LogP contribution in [-0.4, -0.2) is 25.6 Å². The number of aryl methyl sites for hydroxylation is 2. The molecule has 0 aliphatic heterocycles. The zero-order valence-electron chi connectivity index (χ0n) is 18.0.